The Kier molecular flexibility index (Phi) is 0.866. The molecule has 0 radical (unpaired) electrons. The topological polar surface area (TPSA) is 35.2 Å². The summed E-state index contributed by atoms with van der Waals surface area (Å²) >= 11 is 0. The van der Waals surface area contributed by atoms with E-state index in [0.29, 0.717) is 12.1 Å². The SMILES string of the molecule is NC1CCOC2CC12. The Morgan fingerprint density at radius 2 is 2.38 bits per heavy atom. The Labute approximate surface area is 49.0 Å². The lowest BCUT2D eigenvalue weighted by Crippen LogP contribution is -2.30. The number of hydrogen-bond acceptors (Lipinski definition) is 2. The first kappa shape index (κ1) is 4.77. The second kappa shape index (κ2) is 1.45. The molecule has 2 heteroatoms. The van der Waals surface area contributed by atoms with Crippen molar-refractivity contribution in [3.8, 4) is 0 Å². The zero-order valence-corrected chi connectivity index (χ0v) is 4.84. The lowest BCUT2D eigenvalue weighted by atomic mass is 10.1. The van der Waals surface area contributed by atoms with Crippen LogP contribution in [0.5, 0.6) is 0 Å². The summed E-state index contributed by atoms with van der Waals surface area (Å²) in [6.07, 6.45) is 2.85. The van der Waals surface area contributed by atoms with Crippen LogP contribution in [-0.2, 0) is 4.74 Å². The van der Waals surface area contributed by atoms with E-state index >= 15 is 0 Å². The molecule has 1 aliphatic carbocycles. The monoisotopic (exact) mass is 113 g/mol. The number of nitrogens with two attached hydrogens (primary N) is 1. The Morgan fingerprint density at radius 1 is 1.50 bits per heavy atom. The van der Waals surface area contributed by atoms with Crippen LogP contribution in [0.1, 0.15) is 12.8 Å². The molecule has 0 amide bonds. The van der Waals surface area contributed by atoms with Gasteiger partial charge in [0.25, 0.3) is 0 Å². The minimum Gasteiger partial charge on any atom is -0.378 e. The number of hydrogen-bond donors (Lipinski definition) is 1. The van der Waals surface area contributed by atoms with Gasteiger partial charge in [0, 0.05) is 18.6 Å². The molecule has 0 spiro atoms. The van der Waals surface area contributed by atoms with Gasteiger partial charge in [-0.2, -0.15) is 0 Å². The summed E-state index contributed by atoms with van der Waals surface area (Å²) in [6, 6.07) is 0.453. The predicted octanol–water partition coefficient (Wildman–Crippen LogP) is 0.122. The molecule has 2 rings (SSSR count). The lowest BCUT2D eigenvalue weighted by molar-refractivity contribution is 0.0712. The molecule has 1 saturated heterocycles. The van der Waals surface area contributed by atoms with Crippen LogP contribution in [0.4, 0.5) is 0 Å². The summed E-state index contributed by atoms with van der Waals surface area (Å²) in [5, 5.41) is 0. The van der Waals surface area contributed by atoms with Crippen LogP contribution in [0, 0.1) is 5.92 Å². The molecule has 46 valence electrons. The van der Waals surface area contributed by atoms with Crippen molar-refractivity contribution in [1.29, 1.82) is 0 Å². The fourth-order valence-electron chi connectivity index (χ4n) is 1.40. The molecule has 8 heavy (non-hydrogen) atoms. The van der Waals surface area contributed by atoms with Crippen molar-refractivity contribution >= 4 is 0 Å². The van der Waals surface area contributed by atoms with E-state index in [-0.39, 0.29) is 0 Å². The van der Waals surface area contributed by atoms with Crippen LogP contribution in [0.3, 0.4) is 0 Å². The largest absolute Gasteiger partial charge is 0.378 e. The van der Waals surface area contributed by atoms with E-state index < -0.39 is 0 Å². The van der Waals surface area contributed by atoms with Crippen LogP contribution in [-0.4, -0.2) is 18.8 Å². The van der Waals surface area contributed by atoms with Crippen LogP contribution in [0.15, 0.2) is 0 Å². The van der Waals surface area contributed by atoms with Gasteiger partial charge in [-0.3, -0.25) is 0 Å². The van der Waals surface area contributed by atoms with Gasteiger partial charge in [0.15, 0.2) is 0 Å². The smallest absolute Gasteiger partial charge is 0.0623 e. The molecule has 0 aromatic carbocycles. The van der Waals surface area contributed by atoms with Crippen molar-refractivity contribution < 1.29 is 4.74 Å². The van der Waals surface area contributed by atoms with Gasteiger partial charge < -0.3 is 10.5 Å². The number of ether oxygens (including phenoxy) is 1. The molecule has 1 heterocycles. The third-order valence-corrected chi connectivity index (χ3v) is 2.11. The molecule has 1 aliphatic heterocycles. The zero-order chi connectivity index (χ0) is 5.56. The van der Waals surface area contributed by atoms with Crippen molar-refractivity contribution in [3.63, 3.8) is 0 Å². The zero-order valence-electron chi connectivity index (χ0n) is 4.84. The van der Waals surface area contributed by atoms with Crippen molar-refractivity contribution in [2.24, 2.45) is 11.7 Å². The highest BCUT2D eigenvalue weighted by Crippen LogP contribution is 2.40. The standard InChI is InChI=1S/C6H11NO/c7-5-1-2-8-6-3-4(5)6/h4-6H,1-3,7H2. The molecule has 3 atom stereocenters. The predicted molar refractivity (Wildman–Crippen MR) is 30.4 cm³/mol. The minimum atomic E-state index is 0.453. The Balaban J connectivity index is 1.99. The Morgan fingerprint density at radius 3 is 3.00 bits per heavy atom. The van der Waals surface area contributed by atoms with Crippen LogP contribution < -0.4 is 5.73 Å². The Hall–Kier alpha value is -0.0800. The molecule has 0 aromatic rings. The maximum atomic E-state index is 5.74. The second-order valence-electron chi connectivity index (χ2n) is 2.76. The van der Waals surface area contributed by atoms with Crippen molar-refractivity contribution in [3.05, 3.63) is 0 Å². The van der Waals surface area contributed by atoms with Gasteiger partial charge in [0.1, 0.15) is 0 Å². The first-order valence-electron chi connectivity index (χ1n) is 3.25. The van der Waals surface area contributed by atoms with Crippen molar-refractivity contribution in [2.75, 3.05) is 6.61 Å². The van der Waals surface area contributed by atoms with Crippen molar-refractivity contribution in [1.82, 2.24) is 0 Å². The van der Waals surface area contributed by atoms with Gasteiger partial charge in [0.2, 0.25) is 0 Å². The molecule has 1 saturated carbocycles. The summed E-state index contributed by atoms with van der Waals surface area (Å²) in [6.45, 7) is 0.891. The Bertz CT molecular complexity index is 105. The van der Waals surface area contributed by atoms with Crippen LogP contribution in [0.25, 0.3) is 0 Å². The van der Waals surface area contributed by atoms with E-state index in [1.807, 2.05) is 0 Å². The first-order chi connectivity index (χ1) is 3.88. The van der Waals surface area contributed by atoms with Gasteiger partial charge in [-0.15, -0.1) is 0 Å². The molecular formula is C6H11NO. The summed E-state index contributed by atoms with van der Waals surface area (Å²) < 4.78 is 5.34. The van der Waals surface area contributed by atoms with E-state index in [2.05, 4.69) is 0 Å². The fourth-order valence-corrected chi connectivity index (χ4v) is 1.40. The van der Waals surface area contributed by atoms with E-state index in [1.165, 1.54) is 6.42 Å². The molecule has 2 aliphatic rings. The maximum absolute atomic E-state index is 5.74. The van der Waals surface area contributed by atoms with Crippen LogP contribution >= 0.6 is 0 Å². The first-order valence-corrected chi connectivity index (χ1v) is 3.25. The van der Waals surface area contributed by atoms with Crippen molar-refractivity contribution in [2.45, 2.75) is 25.0 Å². The summed E-state index contributed by atoms with van der Waals surface area (Å²) in [7, 11) is 0. The number of rotatable bonds is 0. The van der Waals surface area contributed by atoms with Crippen LogP contribution in [0.2, 0.25) is 0 Å². The molecular weight excluding hydrogens is 102 g/mol. The van der Waals surface area contributed by atoms with E-state index in [0.717, 1.165) is 18.9 Å². The molecule has 2 N–H and O–H groups in total. The highest BCUT2D eigenvalue weighted by atomic mass is 16.5. The van der Waals surface area contributed by atoms with E-state index in [4.69, 9.17) is 10.5 Å². The van der Waals surface area contributed by atoms with Gasteiger partial charge in [0.05, 0.1) is 6.10 Å². The summed E-state index contributed by atoms with van der Waals surface area (Å²) in [5.41, 5.74) is 5.74. The highest BCUT2D eigenvalue weighted by Gasteiger charge is 2.45. The van der Waals surface area contributed by atoms with E-state index in [9.17, 15) is 0 Å². The van der Waals surface area contributed by atoms with Gasteiger partial charge in [-0.25, -0.2) is 0 Å². The third kappa shape index (κ3) is 0.565. The molecule has 2 nitrogen and oxygen atoms in total. The quantitative estimate of drug-likeness (QED) is 0.484. The molecule has 0 bridgehead atoms. The third-order valence-electron chi connectivity index (χ3n) is 2.11. The molecule has 2 fully saturated rings. The fraction of sp³-hybridized carbons (Fsp3) is 1.00. The average molecular weight is 113 g/mol. The maximum Gasteiger partial charge on any atom is 0.0623 e. The highest BCUT2D eigenvalue weighted by molar-refractivity contribution is 4.97. The minimum absolute atomic E-state index is 0.453. The lowest BCUT2D eigenvalue weighted by Gasteiger charge is -2.16. The summed E-state index contributed by atoms with van der Waals surface area (Å²) in [5.74, 6) is 0.726. The normalized spacial score (nSPS) is 52.9. The van der Waals surface area contributed by atoms with Gasteiger partial charge in [-0.1, -0.05) is 0 Å². The van der Waals surface area contributed by atoms with E-state index in [1.54, 1.807) is 0 Å². The summed E-state index contributed by atoms with van der Waals surface area (Å²) in [4.78, 5) is 0. The second-order valence-corrected chi connectivity index (χ2v) is 2.76. The van der Waals surface area contributed by atoms with Gasteiger partial charge in [-0.05, 0) is 12.8 Å². The average Bonchev–Trinajstić information content (AvgIpc) is 2.45. The molecule has 3 unspecified atom stereocenters. The van der Waals surface area contributed by atoms with Gasteiger partial charge >= 0.3 is 0 Å². The number of fused-ring (bicyclic) bond motifs is 1. The molecule has 0 aromatic heterocycles.